The zero-order valence-electron chi connectivity index (χ0n) is 17.1. The van der Waals surface area contributed by atoms with Crippen molar-refractivity contribution in [2.45, 2.75) is 42.1 Å². The van der Waals surface area contributed by atoms with Crippen molar-refractivity contribution in [1.82, 2.24) is 20.3 Å². The zero-order valence-corrected chi connectivity index (χ0v) is 17.9. The summed E-state index contributed by atoms with van der Waals surface area (Å²) in [6.07, 6.45) is -1.50. The molecular formula is C20H20F5N5O2S. The van der Waals surface area contributed by atoms with Crippen molar-refractivity contribution in [1.29, 1.82) is 0 Å². The second-order valence-electron chi connectivity index (χ2n) is 7.76. The van der Waals surface area contributed by atoms with Gasteiger partial charge in [-0.1, -0.05) is 6.07 Å². The molecule has 4 rings (SSSR count). The number of nitrogens with one attached hydrogen (secondary N) is 3. The van der Waals surface area contributed by atoms with Crippen molar-refractivity contribution in [2.24, 2.45) is 0 Å². The van der Waals surface area contributed by atoms with Crippen LogP contribution in [0, 0.1) is 0 Å². The number of piperidine rings is 1. The van der Waals surface area contributed by atoms with Crippen LogP contribution in [-0.4, -0.2) is 54.4 Å². The summed E-state index contributed by atoms with van der Waals surface area (Å²) in [6, 6.07) is 3.31. The third-order valence-corrected chi connectivity index (χ3v) is 6.74. The van der Waals surface area contributed by atoms with E-state index in [9.17, 15) is 30.4 Å². The van der Waals surface area contributed by atoms with Gasteiger partial charge < -0.3 is 15.6 Å². The molecule has 1 atom stereocenters. The van der Waals surface area contributed by atoms with Gasteiger partial charge >= 0.3 is 11.9 Å². The van der Waals surface area contributed by atoms with Gasteiger partial charge in [0.1, 0.15) is 0 Å². The average molecular weight is 489 g/mol. The molecular weight excluding hydrogens is 469 g/mol. The number of rotatable bonds is 6. The van der Waals surface area contributed by atoms with E-state index in [1.165, 1.54) is 12.3 Å². The normalized spacial score (nSPS) is 17.6. The largest absolute Gasteiger partial charge is 0.393 e. The maximum absolute atomic E-state index is 13.2. The first-order chi connectivity index (χ1) is 15.5. The van der Waals surface area contributed by atoms with E-state index in [-0.39, 0.29) is 34.3 Å². The van der Waals surface area contributed by atoms with Gasteiger partial charge in [0.15, 0.2) is 0 Å². The lowest BCUT2D eigenvalue weighted by Crippen LogP contribution is -2.38. The molecule has 1 aliphatic heterocycles. The minimum absolute atomic E-state index is 0.0179. The Bertz CT molecular complexity index is 1250. The molecule has 1 aromatic carbocycles. The van der Waals surface area contributed by atoms with Gasteiger partial charge in [0.2, 0.25) is 15.8 Å². The van der Waals surface area contributed by atoms with Crippen LogP contribution >= 0.6 is 0 Å². The van der Waals surface area contributed by atoms with Crippen molar-refractivity contribution in [2.75, 3.05) is 18.4 Å². The highest BCUT2D eigenvalue weighted by atomic mass is 32.2. The number of anilines is 1. The van der Waals surface area contributed by atoms with Crippen LogP contribution in [0.25, 0.3) is 22.2 Å². The first-order valence-corrected chi connectivity index (χ1v) is 11.6. The summed E-state index contributed by atoms with van der Waals surface area (Å²) in [5.74, 6) is -3.43. The maximum Gasteiger partial charge on any atom is 0.393 e. The maximum atomic E-state index is 13.2. The van der Waals surface area contributed by atoms with Gasteiger partial charge in [-0.15, -0.1) is 0 Å². The molecule has 0 aliphatic carbocycles. The van der Waals surface area contributed by atoms with Crippen molar-refractivity contribution < 1.29 is 30.4 Å². The van der Waals surface area contributed by atoms with E-state index in [0.717, 1.165) is 37.7 Å². The van der Waals surface area contributed by atoms with E-state index in [0.29, 0.717) is 11.9 Å². The number of hydrogen-bond donors (Lipinski definition) is 3. The van der Waals surface area contributed by atoms with Crippen molar-refractivity contribution in [3.63, 3.8) is 0 Å². The molecule has 1 fully saturated rings. The Kier molecular flexibility index (Phi) is 6.27. The molecule has 0 radical (unpaired) electrons. The minimum atomic E-state index is -4.82. The summed E-state index contributed by atoms with van der Waals surface area (Å²) in [5.41, 5.74) is 0.302. The number of benzene rings is 1. The predicted octanol–water partition coefficient (Wildman–Crippen LogP) is 3.89. The fourth-order valence-corrected chi connectivity index (χ4v) is 4.54. The smallest absolute Gasteiger partial charge is 0.360 e. The second kappa shape index (κ2) is 8.86. The van der Waals surface area contributed by atoms with E-state index in [4.69, 9.17) is 0 Å². The van der Waals surface area contributed by atoms with Crippen LogP contribution in [0.15, 0.2) is 35.5 Å². The summed E-state index contributed by atoms with van der Waals surface area (Å²) in [4.78, 5) is 10.5. The Labute approximate surface area is 185 Å². The molecule has 2 aromatic heterocycles. The number of sulfone groups is 1. The number of hydrogen-bond acceptors (Lipinski definition) is 6. The highest BCUT2D eigenvalue weighted by Crippen LogP contribution is 2.34. The molecule has 1 aliphatic rings. The number of aromatic nitrogens is 3. The van der Waals surface area contributed by atoms with Crippen LogP contribution in [-0.2, 0) is 16.3 Å². The van der Waals surface area contributed by atoms with E-state index in [1.54, 1.807) is 0 Å². The van der Waals surface area contributed by atoms with Crippen LogP contribution in [0.5, 0.6) is 0 Å². The Morgan fingerprint density at radius 1 is 1.24 bits per heavy atom. The molecule has 0 amide bonds. The lowest BCUT2D eigenvalue weighted by Gasteiger charge is -2.24. The number of H-pyrrole nitrogens is 1. The second-order valence-corrected chi connectivity index (χ2v) is 9.68. The topological polar surface area (TPSA) is 99.8 Å². The number of aromatic amines is 1. The van der Waals surface area contributed by atoms with Gasteiger partial charge in [0, 0.05) is 47.0 Å². The molecule has 7 nitrogen and oxygen atoms in total. The number of halogens is 5. The molecule has 3 heterocycles. The summed E-state index contributed by atoms with van der Waals surface area (Å²) in [6.45, 7) is 1.55. The van der Waals surface area contributed by atoms with E-state index in [1.807, 2.05) is 0 Å². The predicted molar refractivity (Wildman–Crippen MR) is 112 cm³/mol. The third-order valence-electron chi connectivity index (χ3n) is 5.36. The van der Waals surface area contributed by atoms with E-state index in [2.05, 4.69) is 25.6 Å². The molecule has 0 bridgehead atoms. The third kappa shape index (κ3) is 5.08. The fourth-order valence-electron chi connectivity index (χ4n) is 3.79. The number of alkyl halides is 5. The molecule has 0 spiro atoms. The Hall–Kier alpha value is -2.80. The molecule has 33 heavy (non-hydrogen) atoms. The fraction of sp³-hybridized carbons (Fsp3) is 0.400. The minimum Gasteiger partial charge on any atom is -0.360 e. The first kappa shape index (κ1) is 23.4. The van der Waals surface area contributed by atoms with Gasteiger partial charge in [0.05, 0.1) is 17.0 Å². The van der Waals surface area contributed by atoms with Crippen LogP contribution in [0.4, 0.5) is 27.9 Å². The summed E-state index contributed by atoms with van der Waals surface area (Å²) >= 11 is 0. The van der Waals surface area contributed by atoms with Gasteiger partial charge in [0.25, 0.3) is 0 Å². The van der Waals surface area contributed by atoms with Gasteiger partial charge in [-0.3, -0.25) is 0 Å². The molecule has 178 valence electrons. The lowest BCUT2D eigenvalue weighted by atomic mass is 10.0. The van der Waals surface area contributed by atoms with E-state index >= 15 is 0 Å². The molecule has 3 N–H and O–H groups in total. The lowest BCUT2D eigenvalue weighted by molar-refractivity contribution is -0.127. The monoisotopic (exact) mass is 489 g/mol. The van der Waals surface area contributed by atoms with Crippen LogP contribution in [0.3, 0.4) is 0 Å². The standard InChI is InChI=1S/C20H20F5N5O2S/c21-18(22)33(31,32)13-3-4-14-15(10-27-16(14)6-13)17-11(7-20(23,24)25)8-28-19(30-17)29-12-2-1-5-26-9-12/h3-4,6,8,10,12,18,26-27H,1-2,5,7,9H2,(H,28,29,30)/t12-/m0/s1. The first-order valence-electron chi connectivity index (χ1n) is 10.1. The zero-order chi connectivity index (χ0) is 23.8. The number of nitrogens with zero attached hydrogens (tertiary/aromatic N) is 2. The van der Waals surface area contributed by atoms with Crippen LogP contribution in [0.1, 0.15) is 18.4 Å². The number of fused-ring (bicyclic) bond motifs is 1. The van der Waals surface area contributed by atoms with Crippen molar-refractivity contribution >= 4 is 26.7 Å². The molecule has 1 saturated heterocycles. The summed E-state index contributed by atoms with van der Waals surface area (Å²) < 4.78 is 88.9. The Morgan fingerprint density at radius 2 is 2.03 bits per heavy atom. The summed E-state index contributed by atoms with van der Waals surface area (Å²) in [5, 5.41) is 6.68. The SMILES string of the molecule is O=S(=O)(c1ccc2c(-c3nc(N[C@H]4CCCNC4)ncc3CC(F)(F)F)c[nH]c2c1)C(F)F. The van der Waals surface area contributed by atoms with Crippen molar-refractivity contribution in [3.05, 3.63) is 36.2 Å². The Balaban J connectivity index is 1.77. The average Bonchev–Trinajstić information content (AvgIpc) is 3.17. The van der Waals surface area contributed by atoms with E-state index < -0.39 is 33.1 Å². The highest BCUT2D eigenvalue weighted by Gasteiger charge is 2.31. The quantitative estimate of drug-likeness (QED) is 0.455. The molecule has 13 heteroatoms. The van der Waals surface area contributed by atoms with Gasteiger partial charge in [-0.05, 0) is 31.5 Å². The molecule has 3 aromatic rings. The summed E-state index contributed by atoms with van der Waals surface area (Å²) in [7, 11) is -4.82. The van der Waals surface area contributed by atoms with Gasteiger partial charge in [-0.25, -0.2) is 18.4 Å². The molecule has 0 saturated carbocycles. The van der Waals surface area contributed by atoms with Crippen LogP contribution in [0.2, 0.25) is 0 Å². The van der Waals surface area contributed by atoms with Crippen molar-refractivity contribution in [3.8, 4) is 11.3 Å². The Morgan fingerprint density at radius 3 is 2.70 bits per heavy atom. The van der Waals surface area contributed by atoms with Gasteiger partial charge in [-0.2, -0.15) is 22.0 Å². The highest BCUT2D eigenvalue weighted by molar-refractivity contribution is 7.91. The van der Waals surface area contributed by atoms with Crippen LogP contribution < -0.4 is 10.6 Å². The molecule has 0 unspecified atom stereocenters.